The van der Waals surface area contributed by atoms with Gasteiger partial charge in [-0.1, -0.05) is 19.3 Å². The minimum atomic E-state index is 0.0946. The van der Waals surface area contributed by atoms with Gasteiger partial charge in [0.2, 0.25) is 0 Å². The second kappa shape index (κ2) is 7.90. The van der Waals surface area contributed by atoms with Gasteiger partial charge in [0.15, 0.2) is 0 Å². The molecule has 1 saturated heterocycles. The van der Waals surface area contributed by atoms with E-state index in [1.54, 1.807) is 0 Å². The normalized spacial score (nSPS) is 17.2. The van der Waals surface area contributed by atoms with E-state index in [0.717, 1.165) is 24.5 Å². The van der Waals surface area contributed by atoms with Crippen molar-refractivity contribution in [3.8, 4) is 5.75 Å². The van der Waals surface area contributed by atoms with Crippen molar-refractivity contribution in [2.24, 2.45) is 5.73 Å². The topological polar surface area (TPSA) is 62.3 Å². The third-order valence-corrected chi connectivity index (χ3v) is 3.79. The number of nitrogens with zero attached hydrogens (tertiary/aromatic N) is 1. The van der Waals surface area contributed by atoms with Gasteiger partial charge in [0.1, 0.15) is 18.2 Å². The Morgan fingerprint density at radius 1 is 1.05 bits per heavy atom. The summed E-state index contributed by atoms with van der Waals surface area (Å²) in [6.07, 6.45) is 6.75. The lowest BCUT2D eigenvalue weighted by Gasteiger charge is -2.24. The number of ether oxygens (including phenoxy) is 1. The molecule has 1 aromatic carbocycles. The molecule has 1 heterocycles. The average molecular weight is 275 g/mol. The molecule has 110 valence electrons. The van der Waals surface area contributed by atoms with E-state index in [0.29, 0.717) is 0 Å². The minimum absolute atomic E-state index is 0.0946. The molecule has 4 nitrogen and oxygen atoms in total. The zero-order valence-corrected chi connectivity index (χ0v) is 12.1. The number of rotatable bonds is 5. The van der Waals surface area contributed by atoms with E-state index in [4.69, 9.17) is 15.9 Å². The summed E-state index contributed by atoms with van der Waals surface area (Å²) in [7, 11) is 0. The van der Waals surface area contributed by atoms with E-state index in [9.17, 15) is 0 Å². The van der Waals surface area contributed by atoms with E-state index < -0.39 is 0 Å². The Kier molecular flexibility index (Phi) is 5.87. The lowest BCUT2D eigenvalue weighted by Crippen LogP contribution is -2.31. The number of nitrogens with two attached hydrogens (primary N) is 1. The molecule has 2 rings (SSSR count). The second-order valence-corrected chi connectivity index (χ2v) is 5.40. The van der Waals surface area contributed by atoms with Crippen LogP contribution in [0.1, 0.15) is 37.7 Å². The second-order valence-electron chi connectivity index (χ2n) is 5.40. The third kappa shape index (κ3) is 4.85. The van der Waals surface area contributed by atoms with Crippen LogP contribution in [0, 0.1) is 5.41 Å². The van der Waals surface area contributed by atoms with Crippen LogP contribution in [0.3, 0.4) is 0 Å². The Balaban J connectivity index is 1.72. The molecule has 0 saturated carbocycles. The number of benzene rings is 1. The molecular weight excluding hydrogens is 250 g/mol. The fourth-order valence-corrected chi connectivity index (χ4v) is 2.56. The van der Waals surface area contributed by atoms with Crippen LogP contribution >= 0.6 is 0 Å². The van der Waals surface area contributed by atoms with Gasteiger partial charge in [0.25, 0.3) is 0 Å². The molecule has 0 unspecified atom stereocenters. The van der Waals surface area contributed by atoms with Gasteiger partial charge in [-0.25, -0.2) is 0 Å². The van der Waals surface area contributed by atoms with Crippen LogP contribution in [0.25, 0.3) is 0 Å². The van der Waals surface area contributed by atoms with Gasteiger partial charge in [-0.2, -0.15) is 0 Å². The number of nitrogens with one attached hydrogen (secondary N) is 1. The van der Waals surface area contributed by atoms with Crippen LogP contribution in [-0.4, -0.2) is 37.0 Å². The first-order chi connectivity index (χ1) is 9.75. The number of hydrogen-bond donors (Lipinski definition) is 2. The highest BCUT2D eigenvalue weighted by Gasteiger charge is 2.07. The predicted octanol–water partition coefficient (Wildman–Crippen LogP) is 2.62. The molecule has 3 N–H and O–H groups in total. The zero-order chi connectivity index (χ0) is 14.2. The van der Waals surface area contributed by atoms with E-state index in [1.165, 1.54) is 45.2 Å². The quantitative estimate of drug-likeness (QED) is 0.641. The Hall–Kier alpha value is -1.55. The smallest absolute Gasteiger partial charge is 0.122 e. The van der Waals surface area contributed by atoms with Gasteiger partial charge < -0.3 is 10.5 Å². The maximum atomic E-state index is 7.35. The Bertz CT molecular complexity index is 408. The van der Waals surface area contributed by atoms with Crippen LogP contribution in [0.4, 0.5) is 0 Å². The van der Waals surface area contributed by atoms with Crippen LogP contribution < -0.4 is 10.5 Å². The number of hydrogen-bond acceptors (Lipinski definition) is 3. The largest absolute Gasteiger partial charge is 0.492 e. The lowest BCUT2D eigenvalue weighted by molar-refractivity contribution is 0.195. The van der Waals surface area contributed by atoms with Crippen molar-refractivity contribution >= 4 is 5.84 Å². The minimum Gasteiger partial charge on any atom is -0.492 e. The zero-order valence-electron chi connectivity index (χ0n) is 12.1. The van der Waals surface area contributed by atoms with Crippen LogP contribution in [0.2, 0.25) is 0 Å². The Labute approximate surface area is 121 Å². The maximum absolute atomic E-state index is 7.35. The fraction of sp³-hybridized carbons (Fsp3) is 0.562. The molecule has 20 heavy (non-hydrogen) atoms. The summed E-state index contributed by atoms with van der Waals surface area (Å²) in [5, 5.41) is 7.35. The van der Waals surface area contributed by atoms with Crippen molar-refractivity contribution in [3.63, 3.8) is 0 Å². The summed E-state index contributed by atoms with van der Waals surface area (Å²) in [5.41, 5.74) is 6.16. The monoisotopic (exact) mass is 275 g/mol. The van der Waals surface area contributed by atoms with Crippen molar-refractivity contribution in [2.45, 2.75) is 32.1 Å². The molecular formula is C16H25N3O. The van der Waals surface area contributed by atoms with E-state index >= 15 is 0 Å². The highest BCUT2D eigenvalue weighted by Crippen LogP contribution is 2.13. The molecule has 1 aliphatic heterocycles. The van der Waals surface area contributed by atoms with Gasteiger partial charge in [-0.3, -0.25) is 10.3 Å². The van der Waals surface area contributed by atoms with Crippen molar-refractivity contribution in [2.75, 3.05) is 26.2 Å². The van der Waals surface area contributed by atoms with Crippen LogP contribution in [0.5, 0.6) is 5.75 Å². The number of amidine groups is 1. The molecule has 1 aromatic rings. The molecule has 1 aliphatic rings. The molecule has 0 bridgehead atoms. The Morgan fingerprint density at radius 3 is 2.25 bits per heavy atom. The average Bonchev–Trinajstić information content (AvgIpc) is 2.41. The van der Waals surface area contributed by atoms with Crippen molar-refractivity contribution in [1.82, 2.24) is 4.90 Å². The molecule has 0 aromatic heterocycles. The van der Waals surface area contributed by atoms with E-state index in [-0.39, 0.29) is 5.84 Å². The standard InChI is InChI=1S/C16H25N3O/c17-16(18)14-6-8-15(9-7-14)20-13-12-19-10-4-2-1-3-5-11-19/h6-9H,1-5,10-13H2,(H3,17,18). The van der Waals surface area contributed by atoms with Gasteiger partial charge in [0.05, 0.1) is 0 Å². The molecule has 4 heteroatoms. The summed E-state index contributed by atoms with van der Waals surface area (Å²) in [6, 6.07) is 7.41. The summed E-state index contributed by atoms with van der Waals surface area (Å²) in [4.78, 5) is 2.50. The first-order valence-electron chi connectivity index (χ1n) is 7.55. The molecule has 0 spiro atoms. The maximum Gasteiger partial charge on any atom is 0.122 e. The fourth-order valence-electron chi connectivity index (χ4n) is 2.56. The van der Waals surface area contributed by atoms with Crippen molar-refractivity contribution in [3.05, 3.63) is 29.8 Å². The molecule has 0 amide bonds. The van der Waals surface area contributed by atoms with Gasteiger partial charge in [-0.15, -0.1) is 0 Å². The highest BCUT2D eigenvalue weighted by molar-refractivity contribution is 5.94. The van der Waals surface area contributed by atoms with E-state index in [2.05, 4.69) is 4.90 Å². The van der Waals surface area contributed by atoms with Crippen molar-refractivity contribution in [1.29, 1.82) is 5.41 Å². The lowest BCUT2D eigenvalue weighted by atomic mass is 10.1. The van der Waals surface area contributed by atoms with Gasteiger partial charge in [-0.05, 0) is 50.2 Å². The Morgan fingerprint density at radius 2 is 1.65 bits per heavy atom. The summed E-state index contributed by atoms with van der Waals surface area (Å²) >= 11 is 0. The third-order valence-electron chi connectivity index (χ3n) is 3.79. The number of likely N-dealkylation sites (tertiary alicyclic amines) is 1. The van der Waals surface area contributed by atoms with Crippen molar-refractivity contribution < 1.29 is 4.74 Å². The summed E-state index contributed by atoms with van der Waals surface area (Å²) in [6.45, 7) is 4.12. The van der Waals surface area contributed by atoms with Gasteiger partial charge >= 0.3 is 0 Å². The van der Waals surface area contributed by atoms with Crippen LogP contribution in [-0.2, 0) is 0 Å². The SMILES string of the molecule is N=C(N)c1ccc(OCCN2CCCCCCC2)cc1. The summed E-state index contributed by atoms with van der Waals surface area (Å²) in [5.74, 6) is 0.944. The highest BCUT2D eigenvalue weighted by atomic mass is 16.5. The van der Waals surface area contributed by atoms with Crippen LogP contribution in [0.15, 0.2) is 24.3 Å². The first-order valence-corrected chi connectivity index (χ1v) is 7.55. The molecule has 1 fully saturated rings. The number of nitrogen functional groups attached to an aromatic ring is 1. The molecule has 0 radical (unpaired) electrons. The predicted molar refractivity (Wildman–Crippen MR) is 82.5 cm³/mol. The first kappa shape index (κ1) is 14.9. The summed E-state index contributed by atoms with van der Waals surface area (Å²) < 4.78 is 5.76. The molecule has 0 atom stereocenters. The van der Waals surface area contributed by atoms with Gasteiger partial charge in [0, 0.05) is 12.1 Å². The van der Waals surface area contributed by atoms with E-state index in [1.807, 2.05) is 24.3 Å². The molecule has 0 aliphatic carbocycles.